The SMILES string of the molecule is N#Cc1ccc(NC(=O)CSc2nc3ccccc3s2)cc1Cl. The van der Waals surface area contributed by atoms with Gasteiger partial charge in [0.2, 0.25) is 5.91 Å². The van der Waals surface area contributed by atoms with Crippen LogP contribution in [-0.2, 0) is 4.79 Å². The largest absolute Gasteiger partial charge is 0.325 e. The zero-order chi connectivity index (χ0) is 16.2. The summed E-state index contributed by atoms with van der Waals surface area (Å²) in [7, 11) is 0. The molecule has 0 aliphatic rings. The highest BCUT2D eigenvalue weighted by atomic mass is 35.5. The van der Waals surface area contributed by atoms with Crippen molar-refractivity contribution in [2.24, 2.45) is 0 Å². The highest BCUT2D eigenvalue weighted by molar-refractivity contribution is 8.01. The smallest absolute Gasteiger partial charge is 0.234 e. The normalized spacial score (nSPS) is 10.4. The predicted molar refractivity (Wildman–Crippen MR) is 95.1 cm³/mol. The Hall–Kier alpha value is -2.07. The number of hydrogen-bond acceptors (Lipinski definition) is 5. The first-order valence-corrected chi connectivity index (χ1v) is 8.81. The van der Waals surface area contributed by atoms with Gasteiger partial charge in [-0.05, 0) is 30.3 Å². The average molecular weight is 360 g/mol. The summed E-state index contributed by atoms with van der Waals surface area (Å²) in [5.74, 6) is 0.118. The number of anilines is 1. The second-order valence-electron chi connectivity index (χ2n) is 4.59. The van der Waals surface area contributed by atoms with Crippen LogP contribution in [0.3, 0.4) is 0 Å². The summed E-state index contributed by atoms with van der Waals surface area (Å²) in [4.78, 5) is 16.5. The van der Waals surface area contributed by atoms with Gasteiger partial charge in [0, 0.05) is 5.69 Å². The molecule has 1 amide bonds. The van der Waals surface area contributed by atoms with Gasteiger partial charge >= 0.3 is 0 Å². The second kappa shape index (κ2) is 7.01. The maximum Gasteiger partial charge on any atom is 0.234 e. The number of nitrogens with zero attached hydrogens (tertiary/aromatic N) is 2. The van der Waals surface area contributed by atoms with Crippen molar-refractivity contribution < 1.29 is 4.79 Å². The van der Waals surface area contributed by atoms with Crippen LogP contribution in [0.15, 0.2) is 46.8 Å². The van der Waals surface area contributed by atoms with E-state index in [1.54, 1.807) is 29.5 Å². The van der Waals surface area contributed by atoms with Crippen molar-refractivity contribution in [3.8, 4) is 6.07 Å². The third kappa shape index (κ3) is 3.82. The maximum atomic E-state index is 12.0. The molecule has 1 aromatic heterocycles. The monoisotopic (exact) mass is 359 g/mol. The molecule has 0 saturated carbocycles. The Balaban J connectivity index is 1.61. The van der Waals surface area contributed by atoms with Crippen LogP contribution in [0.25, 0.3) is 10.2 Å². The number of fused-ring (bicyclic) bond motifs is 1. The van der Waals surface area contributed by atoms with Gasteiger partial charge in [0.15, 0.2) is 4.34 Å². The van der Waals surface area contributed by atoms with Crippen LogP contribution in [0.2, 0.25) is 5.02 Å². The van der Waals surface area contributed by atoms with Crippen molar-refractivity contribution in [3.63, 3.8) is 0 Å². The molecule has 114 valence electrons. The Morgan fingerprint density at radius 3 is 2.91 bits per heavy atom. The molecule has 0 unspecified atom stereocenters. The number of amides is 1. The molecule has 23 heavy (non-hydrogen) atoms. The Bertz CT molecular complexity index is 884. The molecule has 4 nitrogen and oxygen atoms in total. The lowest BCUT2D eigenvalue weighted by atomic mass is 10.2. The standard InChI is InChI=1S/C16H10ClN3OS2/c17-12-7-11(6-5-10(12)8-18)19-15(21)9-22-16-20-13-3-1-2-4-14(13)23-16/h1-7H,9H2,(H,19,21). The average Bonchev–Trinajstić information content (AvgIpc) is 2.96. The summed E-state index contributed by atoms with van der Waals surface area (Å²) in [5.41, 5.74) is 1.90. The van der Waals surface area contributed by atoms with Crippen molar-refractivity contribution in [2.75, 3.05) is 11.1 Å². The number of halogens is 1. The zero-order valence-corrected chi connectivity index (χ0v) is 14.1. The number of para-hydroxylation sites is 1. The molecule has 1 heterocycles. The van der Waals surface area contributed by atoms with Crippen LogP contribution >= 0.6 is 34.7 Å². The van der Waals surface area contributed by atoms with E-state index in [4.69, 9.17) is 16.9 Å². The highest BCUT2D eigenvalue weighted by Gasteiger charge is 2.09. The predicted octanol–water partition coefficient (Wildman–Crippen LogP) is 4.55. The van der Waals surface area contributed by atoms with Crippen molar-refractivity contribution in [2.45, 2.75) is 4.34 Å². The van der Waals surface area contributed by atoms with Crippen molar-refractivity contribution >= 4 is 56.5 Å². The molecule has 3 rings (SSSR count). The van der Waals surface area contributed by atoms with Crippen molar-refractivity contribution in [1.82, 2.24) is 4.98 Å². The van der Waals surface area contributed by atoms with E-state index in [1.807, 2.05) is 30.3 Å². The van der Waals surface area contributed by atoms with E-state index in [9.17, 15) is 4.79 Å². The van der Waals surface area contributed by atoms with E-state index in [2.05, 4.69) is 10.3 Å². The molecule has 0 aliphatic carbocycles. The van der Waals surface area contributed by atoms with E-state index >= 15 is 0 Å². The van der Waals surface area contributed by atoms with Crippen LogP contribution in [0.5, 0.6) is 0 Å². The number of nitrogens with one attached hydrogen (secondary N) is 1. The lowest BCUT2D eigenvalue weighted by Gasteiger charge is -2.05. The molecule has 2 aromatic carbocycles. The molecule has 0 saturated heterocycles. The zero-order valence-electron chi connectivity index (χ0n) is 11.7. The van der Waals surface area contributed by atoms with Crippen molar-refractivity contribution in [3.05, 3.63) is 53.1 Å². The van der Waals surface area contributed by atoms with Gasteiger partial charge in [0.05, 0.1) is 26.6 Å². The van der Waals surface area contributed by atoms with Gasteiger partial charge in [-0.1, -0.05) is 35.5 Å². The van der Waals surface area contributed by atoms with Gasteiger partial charge in [-0.15, -0.1) is 11.3 Å². The summed E-state index contributed by atoms with van der Waals surface area (Å²) < 4.78 is 1.97. The minimum atomic E-state index is -0.143. The molecule has 0 fully saturated rings. The summed E-state index contributed by atoms with van der Waals surface area (Å²) >= 11 is 8.91. The minimum Gasteiger partial charge on any atom is -0.325 e. The molecule has 0 radical (unpaired) electrons. The molecule has 1 N–H and O–H groups in total. The van der Waals surface area contributed by atoms with Crippen LogP contribution in [-0.4, -0.2) is 16.6 Å². The molecular formula is C16H10ClN3OS2. The highest BCUT2D eigenvalue weighted by Crippen LogP contribution is 2.29. The summed E-state index contributed by atoms with van der Waals surface area (Å²) in [6, 6.07) is 14.7. The van der Waals surface area contributed by atoms with Gasteiger partial charge in [-0.25, -0.2) is 4.98 Å². The van der Waals surface area contributed by atoms with Crippen molar-refractivity contribution in [1.29, 1.82) is 5.26 Å². The first kappa shape index (κ1) is 15.8. The van der Waals surface area contributed by atoms with E-state index in [0.29, 0.717) is 16.3 Å². The lowest BCUT2D eigenvalue weighted by molar-refractivity contribution is -0.113. The maximum absolute atomic E-state index is 12.0. The topological polar surface area (TPSA) is 65.8 Å². The van der Waals surface area contributed by atoms with E-state index in [-0.39, 0.29) is 11.7 Å². The van der Waals surface area contributed by atoms with Gasteiger partial charge < -0.3 is 5.32 Å². The number of rotatable bonds is 4. The number of carbonyl (C=O) groups is 1. The Labute approximate surface area is 146 Å². The fourth-order valence-electron chi connectivity index (χ4n) is 1.92. The van der Waals surface area contributed by atoms with Gasteiger partial charge in [-0.2, -0.15) is 5.26 Å². The third-order valence-electron chi connectivity index (χ3n) is 2.97. The Kier molecular flexibility index (Phi) is 4.82. The van der Waals surface area contributed by atoms with E-state index < -0.39 is 0 Å². The minimum absolute atomic E-state index is 0.143. The quantitative estimate of drug-likeness (QED) is 0.694. The van der Waals surface area contributed by atoms with Gasteiger partial charge in [-0.3, -0.25) is 4.79 Å². The van der Waals surface area contributed by atoms with Crippen LogP contribution < -0.4 is 5.32 Å². The summed E-state index contributed by atoms with van der Waals surface area (Å²) in [6.07, 6.45) is 0. The number of carbonyl (C=O) groups excluding carboxylic acids is 1. The Morgan fingerprint density at radius 2 is 2.17 bits per heavy atom. The molecule has 0 spiro atoms. The molecule has 3 aromatic rings. The van der Waals surface area contributed by atoms with Crippen LogP contribution in [0.1, 0.15) is 5.56 Å². The molecule has 0 aliphatic heterocycles. The molecule has 7 heteroatoms. The molecular weight excluding hydrogens is 350 g/mol. The first-order valence-electron chi connectivity index (χ1n) is 6.63. The van der Waals surface area contributed by atoms with Gasteiger partial charge in [0.1, 0.15) is 6.07 Å². The lowest BCUT2D eigenvalue weighted by Crippen LogP contribution is -2.13. The van der Waals surface area contributed by atoms with Crippen LogP contribution in [0.4, 0.5) is 5.69 Å². The molecule has 0 bridgehead atoms. The summed E-state index contributed by atoms with van der Waals surface area (Å²) in [6.45, 7) is 0. The fraction of sp³-hybridized carbons (Fsp3) is 0.0625. The number of nitriles is 1. The number of benzene rings is 2. The third-order valence-corrected chi connectivity index (χ3v) is 5.47. The van der Waals surface area contributed by atoms with E-state index in [1.165, 1.54) is 11.8 Å². The number of thioether (sulfide) groups is 1. The second-order valence-corrected chi connectivity index (χ2v) is 7.25. The Morgan fingerprint density at radius 1 is 1.35 bits per heavy atom. The van der Waals surface area contributed by atoms with E-state index in [0.717, 1.165) is 14.6 Å². The number of thiazole rings is 1. The van der Waals surface area contributed by atoms with Crippen LogP contribution in [0, 0.1) is 11.3 Å². The van der Waals surface area contributed by atoms with Gasteiger partial charge in [0.25, 0.3) is 0 Å². The molecule has 0 atom stereocenters. The summed E-state index contributed by atoms with van der Waals surface area (Å²) in [5, 5.41) is 11.9. The fourth-order valence-corrected chi connectivity index (χ4v) is 4.01. The first-order chi connectivity index (χ1) is 11.2. The number of hydrogen-bond donors (Lipinski definition) is 1. The number of aromatic nitrogens is 1.